The number of hydrogen-bond donors (Lipinski definition) is 0. The highest BCUT2D eigenvalue weighted by Crippen LogP contribution is 2.29. The molecule has 19 heavy (non-hydrogen) atoms. The number of hydrogen-bond acceptors (Lipinski definition) is 5. The number of aromatic nitrogens is 2. The maximum atomic E-state index is 11.9. The molecule has 0 unspecified atom stereocenters. The van der Waals surface area contributed by atoms with Gasteiger partial charge in [0.25, 0.3) is 11.7 Å². The molecule has 96 valence electrons. The highest BCUT2D eigenvalue weighted by Gasteiger charge is 2.36. The molecular weight excluding hydrogens is 246 g/mol. The molecule has 0 fully saturated rings. The standard InChI is InChI=1S/C13H11N3O3/c1-2-11-14-10(15-19-11)7-16-9-6-4-3-5-8(9)12(17)13(16)18/h3-6H,2,7H2,1H3. The van der Waals surface area contributed by atoms with Gasteiger partial charge in [0.15, 0.2) is 5.82 Å². The first-order chi connectivity index (χ1) is 9.20. The predicted molar refractivity (Wildman–Crippen MR) is 65.6 cm³/mol. The molecule has 1 aliphatic rings. The zero-order valence-corrected chi connectivity index (χ0v) is 10.3. The number of fused-ring (bicyclic) bond motifs is 1. The van der Waals surface area contributed by atoms with Crippen molar-refractivity contribution < 1.29 is 14.1 Å². The van der Waals surface area contributed by atoms with Gasteiger partial charge in [-0.1, -0.05) is 24.2 Å². The fraction of sp³-hybridized carbons (Fsp3) is 0.231. The third-order valence-corrected chi connectivity index (χ3v) is 2.99. The van der Waals surface area contributed by atoms with E-state index < -0.39 is 11.7 Å². The van der Waals surface area contributed by atoms with Crippen molar-refractivity contribution in [1.82, 2.24) is 10.1 Å². The smallest absolute Gasteiger partial charge is 0.299 e. The van der Waals surface area contributed by atoms with Gasteiger partial charge < -0.3 is 4.52 Å². The van der Waals surface area contributed by atoms with Gasteiger partial charge in [0.2, 0.25) is 5.89 Å². The van der Waals surface area contributed by atoms with Crippen molar-refractivity contribution in [3.05, 3.63) is 41.5 Å². The lowest BCUT2D eigenvalue weighted by molar-refractivity contribution is -0.114. The molecule has 6 heteroatoms. The van der Waals surface area contributed by atoms with Crippen LogP contribution in [0.25, 0.3) is 0 Å². The van der Waals surface area contributed by atoms with E-state index in [4.69, 9.17) is 4.52 Å². The van der Waals surface area contributed by atoms with E-state index >= 15 is 0 Å². The normalized spacial score (nSPS) is 14.1. The quantitative estimate of drug-likeness (QED) is 0.776. The summed E-state index contributed by atoms with van der Waals surface area (Å²) in [7, 11) is 0. The van der Waals surface area contributed by atoms with E-state index in [1.807, 2.05) is 6.92 Å². The second-order valence-corrected chi connectivity index (χ2v) is 4.20. The average Bonchev–Trinajstić information content (AvgIpc) is 2.99. The summed E-state index contributed by atoms with van der Waals surface area (Å²) in [5.74, 6) is -0.130. The molecule has 3 rings (SSSR count). The number of ketones is 1. The number of para-hydroxylation sites is 1. The van der Waals surface area contributed by atoms with Gasteiger partial charge in [-0.3, -0.25) is 14.5 Å². The van der Waals surface area contributed by atoms with Crippen molar-refractivity contribution in [2.24, 2.45) is 0 Å². The fourth-order valence-electron chi connectivity index (χ4n) is 2.04. The maximum absolute atomic E-state index is 11.9. The van der Waals surface area contributed by atoms with Crippen molar-refractivity contribution in [3.63, 3.8) is 0 Å². The number of aryl methyl sites for hydroxylation is 1. The average molecular weight is 257 g/mol. The molecule has 2 heterocycles. The van der Waals surface area contributed by atoms with Crippen molar-refractivity contribution in [2.45, 2.75) is 19.9 Å². The second kappa shape index (κ2) is 4.31. The molecule has 0 atom stereocenters. The van der Waals surface area contributed by atoms with Gasteiger partial charge in [-0.25, -0.2) is 0 Å². The van der Waals surface area contributed by atoms with E-state index in [2.05, 4.69) is 10.1 Å². The number of amides is 1. The minimum absolute atomic E-state index is 0.144. The Morgan fingerprint density at radius 1 is 1.26 bits per heavy atom. The molecule has 0 aliphatic carbocycles. The van der Waals surface area contributed by atoms with Crippen LogP contribution in [0.3, 0.4) is 0 Å². The molecule has 2 aromatic rings. The topological polar surface area (TPSA) is 76.3 Å². The molecule has 1 aromatic heterocycles. The first-order valence-corrected chi connectivity index (χ1v) is 5.97. The molecule has 6 nitrogen and oxygen atoms in total. The van der Waals surface area contributed by atoms with Crippen LogP contribution in [0.4, 0.5) is 5.69 Å². The second-order valence-electron chi connectivity index (χ2n) is 4.20. The predicted octanol–water partition coefficient (Wildman–Crippen LogP) is 1.36. The molecular formula is C13H11N3O3. The Morgan fingerprint density at radius 3 is 2.79 bits per heavy atom. The highest BCUT2D eigenvalue weighted by molar-refractivity contribution is 6.52. The van der Waals surface area contributed by atoms with Gasteiger partial charge >= 0.3 is 0 Å². The molecule has 0 spiro atoms. The molecule has 0 bridgehead atoms. The third-order valence-electron chi connectivity index (χ3n) is 2.99. The number of Topliss-reactive ketones (excluding diaryl/α,β-unsaturated/α-hetero) is 1. The molecule has 1 aromatic carbocycles. The van der Waals surface area contributed by atoms with Crippen LogP contribution < -0.4 is 4.90 Å². The van der Waals surface area contributed by atoms with Crippen LogP contribution in [0.15, 0.2) is 28.8 Å². The first kappa shape index (κ1) is 11.6. The summed E-state index contributed by atoms with van der Waals surface area (Å²) in [5.41, 5.74) is 1.02. The van der Waals surface area contributed by atoms with Crippen molar-refractivity contribution >= 4 is 17.4 Å². The Balaban J connectivity index is 1.93. The highest BCUT2D eigenvalue weighted by atomic mass is 16.5. The van der Waals surface area contributed by atoms with Gasteiger partial charge in [-0.2, -0.15) is 4.98 Å². The summed E-state index contributed by atoms with van der Waals surface area (Å²) in [6.45, 7) is 2.04. The van der Waals surface area contributed by atoms with Crippen molar-refractivity contribution in [3.8, 4) is 0 Å². The third kappa shape index (κ3) is 1.81. The van der Waals surface area contributed by atoms with E-state index in [0.29, 0.717) is 29.4 Å². The number of carbonyl (C=O) groups excluding carboxylic acids is 2. The van der Waals surface area contributed by atoms with E-state index in [0.717, 1.165) is 0 Å². The van der Waals surface area contributed by atoms with E-state index in [-0.39, 0.29) is 6.54 Å². The summed E-state index contributed by atoms with van der Waals surface area (Å²) < 4.78 is 4.99. The Morgan fingerprint density at radius 2 is 2.05 bits per heavy atom. The number of nitrogens with zero attached hydrogens (tertiary/aromatic N) is 3. The number of anilines is 1. The van der Waals surface area contributed by atoms with Crippen LogP contribution >= 0.6 is 0 Å². The number of rotatable bonds is 3. The van der Waals surface area contributed by atoms with E-state index in [1.54, 1.807) is 24.3 Å². The Labute approximate surface area is 109 Å². The van der Waals surface area contributed by atoms with Crippen LogP contribution in [0, 0.1) is 0 Å². The van der Waals surface area contributed by atoms with Gasteiger partial charge in [-0.15, -0.1) is 0 Å². The lowest BCUT2D eigenvalue weighted by Crippen LogP contribution is -2.29. The molecule has 0 radical (unpaired) electrons. The van der Waals surface area contributed by atoms with E-state index in [1.165, 1.54) is 4.90 Å². The fourth-order valence-corrected chi connectivity index (χ4v) is 2.04. The monoisotopic (exact) mass is 257 g/mol. The van der Waals surface area contributed by atoms with Gasteiger partial charge in [0.05, 0.1) is 17.8 Å². The van der Waals surface area contributed by atoms with Crippen molar-refractivity contribution in [2.75, 3.05) is 4.90 Å². The minimum atomic E-state index is -0.552. The van der Waals surface area contributed by atoms with Gasteiger partial charge in [0.1, 0.15) is 0 Å². The van der Waals surface area contributed by atoms with Crippen LogP contribution in [0.5, 0.6) is 0 Å². The largest absolute Gasteiger partial charge is 0.339 e. The maximum Gasteiger partial charge on any atom is 0.299 e. The Kier molecular flexibility index (Phi) is 2.63. The lowest BCUT2D eigenvalue weighted by atomic mass is 10.1. The summed E-state index contributed by atoms with van der Waals surface area (Å²) in [6.07, 6.45) is 0.635. The number of carbonyl (C=O) groups is 2. The zero-order chi connectivity index (χ0) is 13.4. The Hall–Kier alpha value is -2.50. The minimum Gasteiger partial charge on any atom is -0.339 e. The SMILES string of the molecule is CCc1nc(CN2C(=O)C(=O)c3ccccc32)no1. The molecule has 1 amide bonds. The molecule has 0 saturated carbocycles. The lowest BCUT2D eigenvalue weighted by Gasteiger charge is -2.13. The van der Waals surface area contributed by atoms with Crippen LogP contribution in [0.1, 0.15) is 29.0 Å². The zero-order valence-electron chi connectivity index (χ0n) is 10.3. The summed E-state index contributed by atoms with van der Waals surface area (Å²) >= 11 is 0. The molecule has 0 saturated heterocycles. The van der Waals surface area contributed by atoms with Crippen LogP contribution in [-0.4, -0.2) is 21.8 Å². The summed E-state index contributed by atoms with van der Waals surface area (Å²) in [6, 6.07) is 6.89. The molecule has 0 N–H and O–H groups in total. The van der Waals surface area contributed by atoms with Gasteiger partial charge in [0, 0.05) is 6.42 Å². The first-order valence-electron chi connectivity index (χ1n) is 5.97. The van der Waals surface area contributed by atoms with Crippen molar-refractivity contribution in [1.29, 1.82) is 0 Å². The Bertz CT molecular complexity index is 663. The summed E-state index contributed by atoms with van der Waals surface area (Å²) in [5, 5.41) is 3.79. The summed E-state index contributed by atoms with van der Waals surface area (Å²) in [4.78, 5) is 29.3. The van der Waals surface area contributed by atoms with Crippen LogP contribution in [-0.2, 0) is 17.8 Å². The van der Waals surface area contributed by atoms with Gasteiger partial charge in [-0.05, 0) is 12.1 Å². The van der Waals surface area contributed by atoms with Crippen LogP contribution in [0.2, 0.25) is 0 Å². The number of benzene rings is 1. The molecule has 1 aliphatic heterocycles. The van der Waals surface area contributed by atoms with E-state index in [9.17, 15) is 9.59 Å².